The largest absolute Gasteiger partial charge is 0.323 e. The lowest BCUT2D eigenvalue weighted by molar-refractivity contribution is 0.262. The second-order valence-electron chi connectivity index (χ2n) is 4.03. The molecule has 20 heavy (non-hydrogen) atoms. The predicted molar refractivity (Wildman–Crippen MR) is 81.5 cm³/mol. The molecule has 2 aromatic carbocycles. The molecule has 0 fully saturated rings. The van der Waals surface area contributed by atoms with E-state index >= 15 is 0 Å². The van der Waals surface area contributed by atoms with Crippen LogP contribution in [0.4, 0.5) is 16.2 Å². The highest BCUT2D eigenvalue weighted by Crippen LogP contribution is 2.21. The van der Waals surface area contributed by atoms with E-state index in [-0.39, 0.29) is 6.03 Å². The lowest BCUT2D eigenvalue weighted by Gasteiger charge is -2.08. The third-order valence-electron chi connectivity index (χ3n) is 2.62. The molecule has 0 aliphatic heterocycles. The van der Waals surface area contributed by atoms with Gasteiger partial charge in [-0.05, 0) is 30.3 Å². The molecule has 3 aromatic rings. The van der Waals surface area contributed by atoms with Crippen molar-refractivity contribution in [3.63, 3.8) is 0 Å². The predicted octanol–water partition coefficient (Wildman–Crippen LogP) is 3.99. The number of carbonyl (C=O) groups excluding carboxylic acids is 1. The molecular formula is C13H9ClN4OS. The maximum absolute atomic E-state index is 11.9. The molecule has 1 aromatic heterocycles. The zero-order valence-corrected chi connectivity index (χ0v) is 11.7. The average Bonchev–Trinajstić information content (AvgIpc) is 2.88. The third kappa shape index (κ3) is 2.71. The van der Waals surface area contributed by atoms with Gasteiger partial charge in [0.1, 0.15) is 11.0 Å². The highest BCUT2D eigenvalue weighted by molar-refractivity contribution is 7.00. The van der Waals surface area contributed by atoms with E-state index in [0.717, 1.165) is 17.2 Å². The number of nitrogens with one attached hydrogen (secondary N) is 2. The zero-order valence-electron chi connectivity index (χ0n) is 10.1. The number of amides is 2. The van der Waals surface area contributed by atoms with Crippen LogP contribution in [0.2, 0.25) is 5.02 Å². The van der Waals surface area contributed by atoms with E-state index < -0.39 is 0 Å². The van der Waals surface area contributed by atoms with Crippen LogP contribution >= 0.6 is 23.3 Å². The first kappa shape index (κ1) is 12.8. The van der Waals surface area contributed by atoms with Crippen molar-refractivity contribution in [3.05, 3.63) is 47.5 Å². The van der Waals surface area contributed by atoms with E-state index in [4.69, 9.17) is 11.6 Å². The zero-order chi connectivity index (χ0) is 13.9. The topological polar surface area (TPSA) is 66.9 Å². The van der Waals surface area contributed by atoms with Crippen LogP contribution in [0.1, 0.15) is 0 Å². The monoisotopic (exact) mass is 304 g/mol. The van der Waals surface area contributed by atoms with Gasteiger partial charge in [0, 0.05) is 10.7 Å². The molecule has 0 saturated carbocycles. The van der Waals surface area contributed by atoms with Crippen LogP contribution < -0.4 is 10.6 Å². The van der Waals surface area contributed by atoms with Gasteiger partial charge >= 0.3 is 6.03 Å². The smallest absolute Gasteiger partial charge is 0.308 e. The summed E-state index contributed by atoms with van der Waals surface area (Å²) >= 11 is 6.97. The van der Waals surface area contributed by atoms with Gasteiger partial charge in [-0.25, -0.2) is 4.79 Å². The van der Waals surface area contributed by atoms with Gasteiger partial charge in [-0.2, -0.15) is 8.75 Å². The summed E-state index contributed by atoms with van der Waals surface area (Å²) in [7, 11) is 0. The molecule has 5 nitrogen and oxygen atoms in total. The average molecular weight is 305 g/mol. The quantitative estimate of drug-likeness (QED) is 0.752. The Labute approximate surface area is 123 Å². The van der Waals surface area contributed by atoms with Gasteiger partial charge in [0.2, 0.25) is 0 Å². The van der Waals surface area contributed by atoms with Crippen molar-refractivity contribution in [2.45, 2.75) is 0 Å². The molecule has 1 heterocycles. The molecule has 100 valence electrons. The highest BCUT2D eigenvalue weighted by atomic mass is 35.5. The molecule has 2 N–H and O–H groups in total. The van der Waals surface area contributed by atoms with Gasteiger partial charge in [-0.3, -0.25) is 0 Å². The van der Waals surface area contributed by atoms with Crippen LogP contribution in [0, 0.1) is 0 Å². The number of nitrogens with zero attached hydrogens (tertiary/aromatic N) is 2. The maximum atomic E-state index is 11.9. The van der Waals surface area contributed by atoms with Crippen LogP contribution in [0.3, 0.4) is 0 Å². The van der Waals surface area contributed by atoms with E-state index in [2.05, 4.69) is 19.4 Å². The van der Waals surface area contributed by atoms with E-state index in [0.29, 0.717) is 21.9 Å². The summed E-state index contributed by atoms with van der Waals surface area (Å²) in [5.41, 5.74) is 2.68. The summed E-state index contributed by atoms with van der Waals surface area (Å²) in [6, 6.07) is 12.0. The molecule has 0 radical (unpaired) electrons. The van der Waals surface area contributed by atoms with Crippen molar-refractivity contribution in [2.24, 2.45) is 0 Å². The number of benzene rings is 2. The number of hydrogen-bond donors (Lipinski definition) is 2. The first-order chi connectivity index (χ1) is 9.72. The second kappa shape index (κ2) is 5.44. The van der Waals surface area contributed by atoms with Gasteiger partial charge in [-0.15, -0.1) is 0 Å². The van der Waals surface area contributed by atoms with E-state index in [1.54, 1.807) is 30.3 Å². The Morgan fingerprint density at radius 1 is 1.10 bits per heavy atom. The first-order valence-corrected chi connectivity index (χ1v) is 6.88. The second-order valence-corrected chi connectivity index (χ2v) is 4.99. The van der Waals surface area contributed by atoms with E-state index in [9.17, 15) is 4.79 Å². The van der Waals surface area contributed by atoms with Gasteiger partial charge in [-0.1, -0.05) is 23.7 Å². The number of urea groups is 1. The Hall–Kier alpha value is -2.18. The number of aromatic nitrogens is 2. The minimum absolute atomic E-state index is 0.354. The maximum Gasteiger partial charge on any atom is 0.323 e. The van der Waals surface area contributed by atoms with Gasteiger partial charge in [0.05, 0.1) is 17.4 Å². The van der Waals surface area contributed by atoms with Crippen LogP contribution in [0.5, 0.6) is 0 Å². The lowest BCUT2D eigenvalue weighted by atomic mass is 10.2. The summed E-state index contributed by atoms with van der Waals surface area (Å²) < 4.78 is 8.28. The van der Waals surface area contributed by atoms with E-state index in [1.807, 2.05) is 12.1 Å². The Morgan fingerprint density at radius 3 is 2.80 bits per heavy atom. The Morgan fingerprint density at radius 2 is 1.95 bits per heavy atom. The molecule has 0 aliphatic carbocycles. The number of hydrogen-bond acceptors (Lipinski definition) is 4. The molecule has 0 bridgehead atoms. The summed E-state index contributed by atoms with van der Waals surface area (Å²) in [5, 5.41) is 6.02. The fraction of sp³-hybridized carbons (Fsp3) is 0. The molecule has 0 spiro atoms. The van der Waals surface area contributed by atoms with Crippen molar-refractivity contribution in [1.82, 2.24) is 8.75 Å². The molecule has 2 amide bonds. The van der Waals surface area contributed by atoms with Crippen LogP contribution in [0.25, 0.3) is 11.0 Å². The molecule has 0 saturated heterocycles. The summed E-state index contributed by atoms with van der Waals surface area (Å²) in [6.07, 6.45) is 0. The third-order valence-corrected chi connectivity index (χ3v) is 3.39. The Bertz CT molecular complexity index is 774. The van der Waals surface area contributed by atoms with Crippen molar-refractivity contribution < 1.29 is 4.79 Å². The Kier molecular flexibility index (Phi) is 3.49. The van der Waals surface area contributed by atoms with Crippen LogP contribution in [-0.4, -0.2) is 14.8 Å². The van der Waals surface area contributed by atoms with Gasteiger partial charge in [0.15, 0.2) is 0 Å². The van der Waals surface area contributed by atoms with Gasteiger partial charge in [0.25, 0.3) is 0 Å². The molecule has 3 rings (SSSR count). The molecule has 7 heteroatoms. The van der Waals surface area contributed by atoms with Gasteiger partial charge < -0.3 is 10.6 Å². The number of fused-ring (bicyclic) bond motifs is 1. The molecular weight excluding hydrogens is 296 g/mol. The number of carbonyl (C=O) groups is 1. The standard InChI is InChI=1S/C13H9ClN4OS/c14-8-3-1-4-9(7-8)15-13(19)16-10-5-2-6-11-12(10)18-20-17-11/h1-7H,(H2,15,16,19). The minimum atomic E-state index is -0.354. The molecule has 0 unspecified atom stereocenters. The van der Waals surface area contributed by atoms with Crippen LogP contribution in [-0.2, 0) is 0 Å². The number of rotatable bonds is 2. The van der Waals surface area contributed by atoms with Crippen molar-refractivity contribution in [2.75, 3.05) is 10.6 Å². The highest BCUT2D eigenvalue weighted by Gasteiger charge is 2.08. The minimum Gasteiger partial charge on any atom is -0.308 e. The molecule has 0 aliphatic rings. The van der Waals surface area contributed by atoms with Crippen molar-refractivity contribution in [3.8, 4) is 0 Å². The normalized spacial score (nSPS) is 10.4. The molecule has 0 atom stereocenters. The van der Waals surface area contributed by atoms with Crippen LogP contribution in [0.15, 0.2) is 42.5 Å². The number of anilines is 2. The Balaban J connectivity index is 1.77. The number of halogens is 1. The summed E-state index contributed by atoms with van der Waals surface area (Å²) in [4.78, 5) is 11.9. The summed E-state index contributed by atoms with van der Waals surface area (Å²) in [6.45, 7) is 0. The fourth-order valence-electron chi connectivity index (χ4n) is 1.76. The fourth-order valence-corrected chi connectivity index (χ4v) is 2.50. The summed E-state index contributed by atoms with van der Waals surface area (Å²) in [5.74, 6) is 0. The lowest BCUT2D eigenvalue weighted by Crippen LogP contribution is -2.19. The van der Waals surface area contributed by atoms with E-state index in [1.165, 1.54) is 0 Å². The van der Waals surface area contributed by atoms with Crippen molar-refractivity contribution >= 4 is 51.8 Å². The first-order valence-electron chi connectivity index (χ1n) is 5.77. The van der Waals surface area contributed by atoms with Crippen molar-refractivity contribution in [1.29, 1.82) is 0 Å². The SMILES string of the molecule is O=C(Nc1cccc(Cl)c1)Nc1cccc2nsnc12.